The minimum Gasteiger partial charge on any atom is -0.348 e. The number of amides is 2. The zero-order valence-electron chi connectivity index (χ0n) is 14.4. The molecule has 0 aliphatic carbocycles. The Bertz CT molecular complexity index is 736. The van der Waals surface area contributed by atoms with E-state index in [1.807, 2.05) is 67.6 Å². The van der Waals surface area contributed by atoms with Gasteiger partial charge in [0, 0.05) is 12.7 Å². The van der Waals surface area contributed by atoms with Crippen LogP contribution in [0.4, 0.5) is 0 Å². The maximum atomic E-state index is 12.8. The van der Waals surface area contributed by atoms with Crippen LogP contribution in [-0.4, -0.2) is 28.5 Å². The summed E-state index contributed by atoms with van der Waals surface area (Å²) in [5.74, 6) is 0.427. The van der Waals surface area contributed by atoms with E-state index in [4.69, 9.17) is 0 Å². The molecule has 1 N–H and O–H groups in total. The van der Waals surface area contributed by atoms with Gasteiger partial charge in [0.15, 0.2) is 0 Å². The highest BCUT2D eigenvalue weighted by Crippen LogP contribution is 2.41. The standard InChI is InChI=1S/C20H22N2O2S/c1-14(16-9-5-3-6-10-16)21-19(24)18-13-25-20(22(18)15(2)23)17-11-7-4-8-12-17/h3-12,14,18,20H,13H2,1-2H3,(H,21,24)/t14-,18-,20+/m0/s1. The van der Waals surface area contributed by atoms with Crippen LogP contribution in [0.1, 0.15) is 36.4 Å². The van der Waals surface area contributed by atoms with Crippen molar-refractivity contribution in [3.8, 4) is 0 Å². The maximum absolute atomic E-state index is 12.8. The monoisotopic (exact) mass is 354 g/mol. The highest BCUT2D eigenvalue weighted by molar-refractivity contribution is 7.99. The van der Waals surface area contributed by atoms with Gasteiger partial charge in [-0.2, -0.15) is 0 Å². The molecule has 5 heteroatoms. The zero-order valence-corrected chi connectivity index (χ0v) is 15.2. The summed E-state index contributed by atoms with van der Waals surface area (Å²) in [5, 5.41) is 2.94. The van der Waals surface area contributed by atoms with Gasteiger partial charge in [-0.1, -0.05) is 60.7 Å². The molecular weight excluding hydrogens is 332 g/mol. The fourth-order valence-corrected chi connectivity index (χ4v) is 4.58. The molecule has 130 valence electrons. The molecule has 4 nitrogen and oxygen atoms in total. The fraction of sp³-hybridized carbons (Fsp3) is 0.300. The van der Waals surface area contributed by atoms with Gasteiger partial charge in [-0.05, 0) is 18.1 Å². The lowest BCUT2D eigenvalue weighted by Gasteiger charge is -2.28. The maximum Gasteiger partial charge on any atom is 0.244 e. The zero-order chi connectivity index (χ0) is 17.8. The van der Waals surface area contributed by atoms with Gasteiger partial charge in [0.2, 0.25) is 11.8 Å². The first-order valence-corrected chi connectivity index (χ1v) is 9.43. The lowest BCUT2D eigenvalue weighted by atomic mass is 10.1. The highest BCUT2D eigenvalue weighted by atomic mass is 32.2. The van der Waals surface area contributed by atoms with Gasteiger partial charge in [0.25, 0.3) is 0 Å². The Kier molecular flexibility index (Phi) is 5.43. The molecule has 0 bridgehead atoms. The van der Waals surface area contributed by atoms with Crippen LogP contribution >= 0.6 is 11.8 Å². The summed E-state index contributed by atoms with van der Waals surface area (Å²) in [6.07, 6.45) is 0. The Morgan fingerprint density at radius 1 is 1.08 bits per heavy atom. The number of nitrogens with one attached hydrogen (secondary N) is 1. The third-order valence-electron chi connectivity index (χ3n) is 4.41. The van der Waals surface area contributed by atoms with Gasteiger partial charge in [-0.25, -0.2) is 0 Å². The molecule has 3 atom stereocenters. The SMILES string of the molecule is CC(=O)N1[C@@H](c2ccccc2)SC[C@H]1C(=O)N[C@@H](C)c1ccccc1. The van der Waals surface area contributed by atoms with Crippen LogP contribution in [-0.2, 0) is 9.59 Å². The van der Waals surface area contributed by atoms with Crippen LogP contribution < -0.4 is 5.32 Å². The lowest BCUT2D eigenvalue weighted by molar-refractivity contribution is -0.138. The molecule has 3 rings (SSSR count). The molecule has 0 spiro atoms. The van der Waals surface area contributed by atoms with Crippen molar-refractivity contribution in [1.29, 1.82) is 0 Å². The molecule has 0 radical (unpaired) electrons. The van der Waals surface area contributed by atoms with Gasteiger partial charge < -0.3 is 10.2 Å². The minimum atomic E-state index is -0.445. The van der Waals surface area contributed by atoms with Crippen LogP contribution in [0.2, 0.25) is 0 Å². The quantitative estimate of drug-likeness (QED) is 0.914. The molecule has 1 fully saturated rings. The molecule has 2 aromatic carbocycles. The summed E-state index contributed by atoms with van der Waals surface area (Å²) in [7, 11) is 0. The van der Waals surface area contributed by atoms with Crippen LogP contribution in [0, 0.1) is 0 Å². The first-order valence-electron chi connectivity index (χ1n) is 8.38. The van der Waals surface area contributed by atoms with Crippen molar-refractivity contribution in [3.05, 3.63) is 71.8 Å². The average Bonchev–Trinajstić information content (AvgIpc) is 3.08. The summed E-state index contributed by atoms with van der Waals surface area (Å²) < 4.78 is 0. The topological polar surface area (TPSA) is 49.4 Å². The van der Waals surface area contributed by atoms with Crippen molar-refractivity contribution in [2.45, 2.75) is 31.3 Å². The van der Waals surface area contributed by atoms with Crippen LogP contribution in [0.25, 0.3) is 0 Å². The summed E-state index contributed by atoms with van der Waals surface area (Å²) in [5.41, 5.74) is 2.10. The first kappa shape index (κ1) is 17.5. The number of benzene rings is 2. The van der Waals surface area contributed by atoms with Gasteiger partial charge >= 0.3 is 0 Å². The molecular formula is C20H22N2O2S. The molecule has 2 amide bonds. The van der Waals surface area contributed by atoms with E-state index in [1.165, 1.54) is 6.92 Å². The lowest BCUT2D eigenvalue weighted by Crippen LogP contribution is -2.47. The van der Waals surface area contributed by atoms with Crippen molar-refractivity contribution in [1.82, 2.24) is 10.2 Å². The number of nitrogens with zero attached hydrogens (tertiary/aromatic N) is 1. The number of hydrogen-bond donors (Lipinski definition) is 1. The van der Waals surface area contributed by atoms with Crippen molar-refractivity contribution >= 4 is 23.6 Å². The number of thioether (sulfide) groups is 1. The number of rotatable bonds is 4. The van der Waals surface area contributed by atoms with Gasteiger partial charge in [0.1, 0.15) is 11.4 Å². The van der Waals surface area contributed by atoms with E-state index in [2.05, 4.69) is 5.32 Å². The third-order valence-corrected chi connectivity index (χ3v) is 5.73. The first-order chi connectivity index (χ1) is 12.1. The van der Waals surface area contributed by atoms with Gasteiger partial charge in [0.05, 0.1) is 6.04 Å². The summed E-state index contributed by atoms with van der Waals surface area (Å²) >= 11 is 1.64. The average molecular weight is 354 g/mol. The summed E-state index contributed by atoms with van der Waals surface area (Å²) in [4.78, 5) is 26.7. The van der Waals surface area contributed by atoms with Crippen molar-refractivity contribution in [2.75, 3.05) is 5.75 Å². The van der Waals surface area contributed by atoms with E-state index >= 15 is 0 Å². The van der Waals surface area contributed by atoms with E-state index in [0.717, 1.165) is 11.1 Å². The van der Waals surface area contributed by atoms with Gasteiger partial charge in [-0.3, -0.25) is 9.59 Å². The van der Waals surface area contributed by atoms with Crippen molar-refractivity contribution < 1.29 is 9.59 Å². The molecule has 25 heavy (non-hydrogen) atoms. The molecule has 0 saturated carbocycles. The Balaban J connectivity index is 1.75. The molecule has 2 aromatic rings. The molecule has 1 aliphatic rings. The minimum absolute atomic E-state index is 0.0774. The Hall–Kier alpha value is -2.27. The summed E-state index contributed by atoms with van der Waals surface area (Å²) in [6.45, 7) is 3.49. The highest BCUT2D eigenvalue weighted by Gasteiger charge is 2.41. The van der Waals surface area contributed by atoms with E-state index in [-0.39, 0.29) is 23.2 Å². The second-order valence-electron chi connectivity index (χ2n) is 6.18. The van der Waals surface area contributed by atoms with E-state index < -0.39 is 6.04 Å². The van der Waals surface area contributed by atoms with E-state index in [9.17, 15) is 9.59 Å². The molecule has 1 heterocycles. The Morgan fingerprint density at radius 3 is 2.28 bits per heavy atom. The second-order valence-corrected chi connectivity index (χ2v) is 7.29. The number of hydrogen-bond acceptors (Lipinski definition) is 3. The van der Waals surface area contributed by atoms with E-state index in [1.54, 1.807) is 16.7 Å². The van der Waals surface area contributed by atoms with Gasteiger partial charge in [-0.15, -0.1) is 11.8 Å². The molecule has 0 unspecified atom stereocenters. The third kappa shape index (κ3) is 3.87. The summed E-state index contributed by atoms with van der Waals surface area (Å²) in [6, 6.07) is 19.2. The fourth-order valence-electron chi connectivity index (χ4n) is 3.10. The Morgan fingerprint density at radius 2 is 1.68 bits per heavy atom. The predicted molar refractivity (Wildman–Crippen MR) is 101 cm³/mol. The van der Waals surface area contributed by atoms with Crippen molar-refractivity contribution in [2.24, 2.45) is 0 Å². The molecule has 0 aromatic heterocycles. The van der Waals surface area contributed by atoms with Crippen molar-refractivity contribution in [3.63, 3.8) is 0 Å². The predicted octanol–water partition coefficient (Wildman–Crippen LogP) is 3.53. The molecule has 1 aliphatic heterocycles. The second kappa shape index (κ2) is 7.74. The van der Waals surface area contributed by atoms with E-state index in [0.29, 0.717) is 5.75 Å². The number of carbonyl (C=O) groups excluding carboxylic acids is 2. The normalized spacial score (nSPS) is 21.0. The molecule has 1 saturated heterocycles. The smallest absolute Gasteiger partial charge is 0.244 e. The Labute approximate surface area is 152 Å². The largest absolute Gasteiger partial charge is 0.348 e. The van der Waals surface area contributed by atoms with Crippen LogP contribution in [0.3, 0.4) is 0 Å². The van der Waals surface area contributed by atoms with Crippen LogP contribution in [0.15, 0.2) is 60.7 Å². The van der Waals surface area contributed by atoms with Crippen LogP contribution in [0.5, 0.6) is 0 Å². The number of carbonyl (C=O) groups is 2.